The molecule has 0 amide bonds. The van der Waals surface area contributed by atoms with E-state index in [1.54, 1.807) is 31.2 Å². The molecular formula is C26H23F2NO2. The molecule has 4 aromatic rings. The number of aliphatic hydroxyl groups is 1. The van der Waals surface area contributed by atoms with Crippen LogP contribution in [-0.4, -0.2) is 16.2 Å². The molecular weight excluding hydrogens is 396 g/mol. The standard InChI is InChI=1S/C26H23F2NO2/c1-18-23(25(30)26(27,28)17-16-19-8-4-2-5-9-19)24(31-29-18)22-14-12-21(13-15-22)20-10-6-3-7-11-20/h2-15,25,30H,16-17H2,1H3/t25-/m1/s1. The largest absolute Gasteiger partial charge is 0.382 e. The molecule has 5 heteroatoms. The molecule has 0 bridgehead atoms. The molecule has 1 atom stereocenters. The van der Waals surface area contributed by atoms with Crippen LogP contribution in [0, 0.1) is 6.92 Å². The fraction of sp³-hybridized carbons (Fsp3) is 0.192. The number of hydrogen-bond donors (Lipinski definition) is 1. The molecule has 0 aliphatic carbocycles. The van der Waals surface area contributed by atoms with Gasteiger partial charge in [0, 0.05) is 12.0 Å². The Balaban J connectivity index is 1.58. The van der Waals surface area contributed by atoms with Gasteiger partial charge < -0.3 is 9.63 Å². The smallest absolute Gasteiger partial charge is 0.278 e. The third-order valence-electron chi connectivity index (χ3n) is 5.43. The maximum atomic E-state index is 14.9. The summed E-state index contributed by atoms with van der Waals surface area (Å²) in [6, 6.07) is 26.3. The third-order valence-corrected chi connectivity index (χ3v) is 5.43. The summed E-state index contributed by atoms with van der Waals surface area (Å²) < 4.78 is 35.2. The quantitative estimate of drug-likeness (QED) is 0.366. The minimum absolute atomic E-state index is 0.0329. The third kappa shape index (κ3) is 4.57. The molecule has 0 saturated carbocycles. The number of rotatable bonds is 7. The van der Waals surface area contributed by atoms with Crippen LogP contribution in [-0.2, 0) is 6.42 Å². The zero-order valence-electron chi connectivity index (χ0n) is 17.1. The van der Waals surface area contributed by atoms with Crippen molar-refractivity contribution in [3.05, 3.63) is 102 Å². The van der Waals surface area contributed by atoms with Crippen molar-refractivity contribution in [3.63, 3.8) is 0 Å². The highest BCUT2D eigenvalue weighted by Crippen LogP contribution is 2.41. The van der Waals surface area contributed by atoms with Gasteiger partial charge in [-0.1, -0.05) is 90.1 Å². The van der Waals surface area contributed by atoms with Crippen molar-refractivity contribution in [2.75, 3.05) is 0 Å². The number of hydrogen-bond acceptors (Lipinski definition) is 3. The molecule has 1 heterocycles. The van der Waals surface area contributed by atoms with Gasteiger partial charge >= 0.3 is 0 Å². The average molecular weight is 419 g/mol. The van der Waals surface area contributed by atoms with Crippen LogP contribution in [0.3, 0.4) is 0 Å². The lowest BCUT2D eigenvalue weighted by atomic mass is 9.94. The van der Waals surface area contributed by atoms with Crippen molar-refractivity contribution >= 4 is 0 Å². The van der Waals surface area contributed by atoms with Gasteiger partial charge in [-0.3, -0.25) is 0 Å². The van der Waals surface area contributed by atoms with E-state index in [-0.39, 0.29) is 23.4 Å². The Morgan fingerprint density at radius 2 is 1.39 bits per heavy atom. The lowest BCUT2D eigenvalue weighted by Gasteiger charge is -2.23. The molecule has 1 aromatic heterocycles. The number of aliphatic hydroxyl groups excluding tert-OH is 1. The maximum Gasteiger partial charge on any atom is 0.278 e. The van der Waals surface area contributed by atoms with E-state index in [4.69, 9.17) is 4.52 Å². The van der Waals surface area contributed by atoms with Crippen LogP contribution in [0.4, 0.5) is 8.78 Å². The molecule has 3 nitrogen and oxygen atoms in total. The number of halogens is 2. The SMILES string of the molecule is Cc1noc(-c2ccc(-c3ccccc3)cc2)c1[C@@H](O)C(F)(F)CCc1ccccc1. The highest BCUT2D eigenvalue weighted by molar-refractivity contribution is 5.70. The lowest BCUT2D eigenvalue weighted by molar-refractivity contribution is -0.115. The van der Waals surface area contributed by atoms with Gasteiger partial charge in [0.1, 0.15) is 6.10 Å². The predicted octanol–water partition coefficient (Wildman–Crippen LogP) is 6.62. The van der Waals surface area contributed by atoms with E-state index in [2.05, 4.69) is 5.16 Å². The summed E-state index contributed by atoms with van der Waals surface area (Å²) >= 11 is 0. The normalized spacial score (nSPS) is 12.6. The van der Waals surface area contributed by atoms with Crippen molar-refractivity contribution in [2.45, 2.75) is 31.8 Å². The van der Waals surface area contributed by atoms with Crippen LogP contribution < -0.4 is 0 Å². The molecule has 4 rings (SSSR count). The molecule has 0 unspecified atom stereocenters. The Labute approximate surface area is 180 Å². The number of alkyl halides is 2. The Hall–Kier alpha value is -3.31. The fourth-order valence-corrected chi connectivity index (χ4v) is 3.66. The van der Waals surface area contributed by atoms with Gasteiger partial charge in [-0.25, -0.2) is 8.78 Å². The Bertz CT molecular complexity index is 1120. The fourth-order valence-electron chi connectivity index (χ4n) is 3.66. The number of nitrogens with zero attached hydrogens (tertiary/aromatic N) is 1. The van der Waals surface area contributed by atoms with E-state index in [0.717, 1.165) is 16.7 Å². The molecule has 0 aliphatic rings. The number of benzene rings is 3. The molecule has 1 N–H and O–H groups in total. The van der Waals surface area contributed by atoms with E-state index < -0.39 is 18.4 Å². The molecule has 31 heavy (non-hydrogen) atoms. The highest BCUT2D eigenvalue weighted by Gasteiger charge is 2.42. The van der Waals surface area contributed by atoms with Gasteiger partial charge in [-0.2, -0.15) is 0 Å². The molecule has 158 valence electrons. The van der Waals surface area contributed by atoms with Gasteiger partial charge in [0.2, 0.25) is 0 Å². The molecule has 0 aliphatic heterocycles. The predicted molar refractivity (Wildman–Crippen MR) is 117 cm³/mol. The van der Waals surface area contributed by atoms with Gasteiger partial charge in [0.05, 0.1) is 11.3 Å². The zero-order chi connectivity index (χ0) is 21.8. The Morgan fingerprint density at radius 3 is 2.03 bits per heavy atom. The van der Waals surface area contributed by atoms with Crippen molar-refractivity contribution in [1.82, 2.24) is 5.16 Å². The van der Waals surface area contributed by atoms with Gasteiger partial charge in [-0.05, 0) is 30.0 Å². The molecule has 0 radical (unpaired) electrons. The van der Waals surface area contributed by atoms with Crippen LogP contribution in [0.5, 0.6) is 0 Å². The first-order valence-electron chi connectivity index (χ1n) is 10.2. The van der Waals surface area contributed by atoms with E-state index in [9.17, 15) is 13.9 Å². The van der Waals surface area contributed by atoms with E-state index in [1.165, 1.54) is 0 Å². The summed E-state index contributed by atoms with van der Waals surface area (Å²) in [5, 5.41) is 14.5. The summed E-state index contributed by atoms with van der Waals surface area (Å²) in [6.45, 7) is 1.57. The minimum Gasteiger partial charge on any atom is -0.382 e. The molecule has 0 saturated heterocycles. The summed E-state index contributed by atoms with van der Waals surface area (Å²) in [5.41, 5.74) is 3.73. The highest BCUT2D eigenvalue weighted by atomic mass is 19.3. The Morgan fingerprint density at radius 1 is 0.839 bits per heavy atom. The first-order valence-corrected chi connectivity index (χ1v) is 10.2. The topological polar surface area (TPSA) is 46.3 Å². The monoisotopic (exact) mass is 419 g/mol. The van der Waals surface area contributed by atoms with Crippen molar-refractivity contribution in [2.24, 2.45) is 0 Å². The van der Waals surface area contributed by atoms with Crippen molar-refractivity contribution in [1.29, 1.82) is 0 Å². The number of aromatic nitrogens is 1. The minimum atomic E-state index is -3.33. The van der Waals surface area contributed by atoms with E-state index in [1.807, 2.05) is 60.7 Å². The zero-order valence-corrected chi connectivity index (χ0v) is 17.1. The lowest BCUT2D eigenvalue weighted by Crippen LogP contribution is -2.27. The second-order valence-corrected chi connectivity index (χ2v) is 7.60. The van der Waals surface area contributed by atoms with Crippen molar-refractivity contribution < 1.29 is 18.4 Å². The molecule has 0 spiro atoms. The second-order valence-electron chi connectivity index (χ2n) is 7.60. The second kappa shape index (κ2) is 8.82. The summed E-state index contributed by atoms with van der Waals surface area (Å²) in [7, 11) is 0. The van der Waals surface area contributed by atoms with Crippen LogP contribution in [0.15, 0.2) is 89.5 Å². The van der Waals surface area contributed by atoms with Gasteiger partial charge in [0.25, 0.3) is 5.92 Å². The van der Waals surface area contributed by atoms with E-state index >= 15 is 0 Å². The summed E-state index contributed by atoms with van der Waals surface area (Å²) in [5.74, 6) is -3.16. The molecule has 3 aromatic carbocycles. The summed E-state index contributed by atoms with van der Waals surface area (Å²) in [4.78, 5) is 0. The van der Waals surface area contributed by atoms with Crippen LogP contribution in [0.25, 0.3) is 22.5 Å². The maximum absolute atomic E-state index is 14.9. The van der Waals surface area contributed by atoms with E-state index in [0.29, 0.717) is 5.56 Å². The van der Waals surface area contributed by atoms with Crippen LogP contribution in [0.1, 0.15) is 29.3 Å². The van der Waals surface area contributed by atoms with Gasteiger partial charge in [0.15, 0.2) is 5.76 Å². The summed E-state index contributed by atoms with van der Waals surface area (Å²) in [6.07, 6.45) is -2.32. The van der Waals surface area contributed by atoms with Crippen LogP contribution in [0.2, 0.25) is 0 Å². The van der Waals surface area contributed by atoms with Gasteiger partial charge in [-0.15, -0.1) is 0 Å². The number of aryl methyl sites for hydroxylation is 2. The van der Waals surface area contributed by atoms with Crippen molar-refractivity contribution in [3.8, 4) is 22.5 Å². The van der Waals surface area contributed by atoms with Crippen LogP contribution >= 0.6 is 0 Å². The molecule has 0 fully saturated rings. The average Bonchev–Trinajstić information content (AvgIpc) is 3.19. The Kier molecular flexibility index (Phi) is 5.96. The first-order chi connectivity index (χ1) is 15.0. The first kappa shape index (κ1) is 20.9.